The number of aryl methyl sites for hydroxylation is 1. The number of halogens is 1. The fourth-order valence-electron chi connectivity index (χ4n) is 2.35. The minimum Gasteiger partial charge on any atom is -0.489 e. The molecule has 1 aliphatic heterocycles. The van der Waals surface area contributed by atoms with E-state index in [-0.39, 0.29) is 4.83 Å². The van der Waals surface area contributed by atoms with E-state index in [0.717, 1.165) is 11.5 Å². The summed E-state index contributed by atoms with van der Waals surface area (Å²) in [5.41, 5.74) is 3.69. The second-order valence-corrected chi connectivity index (χ2v) is 6.62. The summed E-state index contributed by atoms with van der Waals surface area (Å²) in [5, 5.41) is 0. The fourth-order valence-corrected chi connectivity index (χ4v) is 2.94. The summed E-state index contributed by atoms with van der Waals surface area (Å²) in [6, 6.07) is 14.7. The van der Waals surface area contributed by atoms with E-state index in [1.54, 1.807) is 0 Å². The number of rotatable bonds is 2. The molecule has 110 valence electrons. The van der Waals surface area contributed by atoms with Crippen molar-refractivity contribution in [3.05, 3.63) is 59.2 Å². The van der Waals surface area contributed by atoms with Gasteiger partial charge in [0, 0.05) is 5.92 Å². The van der Waals surface area contributed by atoms with E-state index in [0.29, 0.717) is 19.1 Å². The highest BCUT2D eigenvalue weighted by molar-refractivity contribution is 9.09. The first-order valence-corrected chi connectivity index (χ1v) is 8.15. The molecule has 0 N–H and O–H groups in total. The van der Waals surface area contributed by atoms with Gasteiger partial charge in [0.05, 0.1) is 18.0 Å². The standard InChI is InChI=1S/C18H19BrO2/c1-12-3-5-14(6-4-12)18(19)15-7-8-16-17(9-15)21-11-13(2)10-20-16/h3-9,13,18H,10-11H2,1-2H3. The highest BCUT2D eigenvalue weighted by Gasteiger charge is 2.18. The summed E-state index contributed by atoms with van der Waals surface area (Å²) < 4.78 is 11.6. The lowest BCUT2D eigenvalue weighted by Crippen LogP contribution is -2.12. The molecule has 1 aliphatic rings. The van der Waals surface area contributed by atoms with Crippen molar-refractivity contribution in [2.45, 2.75) is 18.7 Å². The maximum atomic E-state index is 5.86. The largest absolute Gasteiger partial charge is 0.489 e. The number of ether oxygens (including phenoxy) is 2. The SMILES string of the molecule is Cc1ccc(C(Br)c2ccc3c(c2)OCC(C)CO3)cc1. The van der Waals surface area contributed by atoms with E-state index in [2.05, 4.69) is 66.2 Å². The number of hydrogen-bond donors (Lipinski definition) is 0. The summed E-state index contributed by atoms with van der Waals surface area (Å²) in [5.74, 6) is 2.10. The van der Waals surface area contributed by atoms with Crippen LogP contribution in [-0.4, -0.2) is 13.2 Å². The van der Waals surface area contributed by atoms with Crippen LogP contribution in [0.5, 0.6) is 11.5 Å². The Morgan fingerprint density at radius 2 is 1.57 bits per heavy atom. The van der Waals surface area contributed by atoms with Crippen LogP contribution in [0.25, 0.3) is 0 Å². The second kappa shape index (κ2) is 6.10. The molecule has 0 saturated heterocycles. The van der Waals surface area contributed by atoms with Gasteiger partial charge < -0.3 is 9.47 Å². The van der Waals surface area contributed by atoms with Crippen molar-refractivity contribution in [3.8, 4) is 11.5 Å². The molecule has 2 aromatic carbocycles. The lowest BCUT2D eigenvalue weighted by molar-refractivity contribution is 0.228. The second-order valence-electron chi connectivity index (χ2n) is 5.71. The third-order valence-electron chi connectivity index (χ3n) is 3.68. The van der Waals surface area contributed by atoms with Gasteiger partial charge in [-0.05, 0) is 30.2 Å². The number of benzene rings is 2. The zero-order valence-corrected chi connectivity index (χ0v) is 13.9. The number of fused-ring (bicyclic) bond motifs is 1. The molecular weight excluding hydrogens is 328 g/mol. The van der Waals surface area contributed by atoms with Crippen LogP contribution in [-0.2, 0) is 0 Å². The molecule has 0 bridgehead atoms. The molecule has 1 heterocycles. The predicted octanol–water partition coefficient (Wildman–Crippen LogP) is 4.89. The van der Waals surface area contributed by atoms with Crippen molar-refractivity contribution in [3.63, 3.8) is 0 Å². The fraction of sp³-hybridized carbons (Fsp3) is 0.333. The molecule has 0 fully saturated rings. The summed E-state index contributed by atoms with van der Waals surface area (Å²) in [4.78, 5) is 0.160. The van der Waals surface area contributed by atoms with Gasteiger partial charge >= 0.3 is 0 Å². The van der Waals surface area contributed by atoms with E-state index in [9.17, 15) is 0 Å². The molecule has 2 aromatic rings. The first kappa shape index (κ1) is 14.5. The van der Waals surface area contributed by atoms with Gasteiger partial charge in [-0.25, -0.2) is 0 Å². The van der Waals surface area contributed by atoms with Crippen LogP contribution in [0.1, 0.15) is 28.4 Å². The van der Waals surface area contributed by atoms with Gasteiger partial charge in [-0.3, -0.25) is 0 Å². The quantitative estimate of drug-likeness (QED) is 0.721. The first-order valence-electron chi connectivity index (χ1n) is 7.23. The van der Waals surface area contributed by atoms with Gasteiger partial charge in [0.2, 0.25) is 0 Å². The Balaban J connectivity index is 1.88. The van der Waals surface area contributed by atoms with Gasteiger partial charge in [-0.2, -0.15) is 0 Å². The lowest BCUT2D eigenvalue weighted by Gasteiger charge is -2.14. The van der Waals surface area contributed by atoms with E-state index in [1.807, 2.05) is 6.07 Å². The third-order valence-corrected chi connectivity index (χ3v) is 4.73. The molecule has 2 nitrogen and oxygen atoms in total. The lowest BCUT2D eigenvalue weighted by atomic mass is 10.0. The van der Waals surface area contributed by atoms with Crippen molar-refractivity contribution < 1.29 is 9.47 Å². The van der Waals surface area contributed by atoms with E-state index in [1.165, 1.54) is 16.7 Å². The molecule has 3 heteroatoms. The van der Waals surface area contributed by atoms with E-state index in [4.69, 9.17) is 9.47 Å². The van der Waals surface area contributed by atoms with Gasteiger partial charge in [0.1, 0.15) is 0 Å². The van der Waals surface area contributed by atoms with Crippen molar-refractivity contribution in [1.82, 2.24) is 0 Å². The van der Waals surface area contributed by atoms with Gasteiger partial charge in [0.15, 0.2) is 11.5 Å². The molecule has 0 saturated carbocycles. The van der Waals surface area contributed by atoms with Crippen LogP contribution in [0.2, 0.25) is 0 Å². The predicted molar refractivity (Wildman–Crippen MR) is 88.5 cm³/mol. The molecule has 3 rings (SSSR count). The van der Waals surface area contributed by atoms with Crippen molar-refractivity contribution in [1.29, 1.82) is 0 Å². The van der Waals surface area contributed by atoms with Crippen LogP contribution >= 0.6 is 15.9 Å². The summed E-state index contributed by atoms with van der Waals surface area (Å²) in [6.45, 7) is 5.64. The smallest absolute Gasteiger partial charge is 0.161 e. The number of alkyl halides is 1. The molecule has 0 aromatic heterocycles. The van der Waals surface area contributed by atoms with Crippen LogP contribution in [0, 0.1) is 12.8 Å². The molecule has 0 aliphatic carbocycles. The zero-order valence-electron chi connectivity index (χ0n) is 12.3. The molecule has 0 spiro atoms. The van der Waals surface area contributed by atoms with Gasteiger partial charge in [0.25, 0.3) is 0 Å². The molecular formula is C18H19BrO2. The molecule has 2 atom stereocenters. The van der Waals surface area contributed by atoms with Crippen molar-refractivity contribution >= 4 is 15.9 Å². The van der Waals surface area contributed by atoms with E-state index < -0.39 is 0 Å². The zero-order chi connectivity index (χ0) is 14.8. The highest BCUT2D eigenvalue weighted by atomic mass is 79.9. The minimum atomic E-state index is 0.160. The number of hydrogen-bond acceptors (Lipinski definition) is 2. The Kier molecular flexibility index (Phi) is 4.20. The van der Waals surface area contributed by atoms with Crippen molar-refractivity contribution in [2.24, 2.45) is 5.92 Å². The van der Waals surface area contributed by atoms with Gasteiger partial charge in [-0.1, -0.05) is 58.7 Å². The summed E-state index contributed by atoms with van der Waals surface area (Å²) in [6.07, 6.45) is 0. The Morgan fingerprint density at radius 1 is 0.952 bits per heavy atom. The van der Waals surface area contributed by atoms with Gasteiger partial charge in [-0.15, -0.1) is 0 Å². The van der Waals surface area contributed by atoms with Crippen LogP contribution < -0.4 is 9.47 Å². The Labute approximate surface area is 134 Å². The monoisotopic (exact) mass is 346 g/mol. The average Bonchev–Trinajstić information content (AvgIpc) is 2.69. The maximum Gasteiger partial charge on any atom is 0.161 e. The Morgan fingerprint density at radius 3 is 2.29 bits per heavy atom. The third kappa shape index (κ3) is 3.24. The maximum absolute atomic E-state index is 5.86. The summed E-state index contributed by atoms with van der Waals surface area (Å²) in [7, 11) is 0. The molecule has 0 radical (unpaired) electrons. The topological polar surface area (TPSA) is 18.5 Å². The van der Waals surface area contributed by atoms with E-state index >= 15 is 0 Å². The van der Waals surface area contributed by atoms with Crippen LogP contribution in [0.4, 0.5) is 0 Å². The normalized spacial score (nSPS) is 18.9. The molecule has 21 heavy (non-hydrogen) atoms. The average molecular weight is 347 g/mol. The Hall–Kier alpha value is -1.48. The van der Waals surface area contributed by atoms with Crippen LogP contribution in [0.3, 0.4) is 0 Å². The molecule has 2 unspecified atom stereocenters. The molecule has 0 amide bonds. The Bertz CT molecular complexity index is 622. The highest BCUT2D eigenvalue weighted by Crippen LogP contribution is 2.37. The first-order chi connectivity index (χ1) is 10.1. The minimum absolute atomic E-state index is 0.160. The van der Waals surface area contributed by atoms with Crippen LogP contribution in [0.15, 0.2) is 42.5 Å². The summed E-state index contributed by atoms with van der Waals surface area (Å²) >= 11 is 3.78. The van der Waals surface area contributed by atoms with Crippen molar-refractivity contribution in [2.75, 3.05) is 13.2 Å².